The molecule has 0 spiro atoms. The van der Waals surface area contributed by atoms with E-state index in [9.17, 15) is 4.79 Å². The Labute approximate surface area is 147 Å². The quantitative estimate of drug-likeness (QED) is 0.782. The van der Waals surface area contributed by atoms with Gasteiger partial charge in [0.15, 0.2) is 0 Å². The summed E-state index contributed by atoms with van der Waals surface area (Å²) in [5.74, 6) is 0.0519. The highest BCUT2D eigenvalue weighted by Gasteiger charge is 2.47. The van der Waals surface area contributed by atoms with Crippen molar-refractivity contribution in [1.29, 1.82) is 0 Å². The zero-order valence-electron chi connectivity index (χ0n) is 14.5. The van der Waals surface area contributed by atoms with Crippen molar-refractivity contribution in [3.05, 3.63) is 16.1 Å². The SMILES string of the molecule is COCC(=O)N1CC[C@@H]2OCCC[C@]2(COCc2csc(C)n2)C1. The molecule has 3 heterocycles. The third-order valence-electron chi connectivity index (χ3n) is 4.91. The van der Waals surface area contributed by atoms with Gasteiger partial charge in [-0.2, -0.15) is 0 Å². The van der Waals surface area contributed by atoms with Crippen LogP contribution in [-0.2, 0) is 25.6 Å². The van der Waals surface area contributed by atoms with Crippen LogP contribution >= 0.6 is 11.3 Å². The number of amides is 1. The highest BCUT2D eigenvalue weighted by atomic mass is 32.1. The number of aryl methyl sites for hydroxylation is 1. The van der Waals surface area contributed by atoms with Crippen molar-refractivity contribution in [3.8, 4) is 0 Å². The number of carbonyl (C=O) groups excluding carboxylic acids is 1. The van der Waals surface area contributed by atoms with Crippen molar-refractivity contribution in [2.45, 2.75) is 38.9 Å². The highest BCUT2D eigenvalue weighted by molar-refractivity contribution is 7.09. The zero-order chi connectivity index (χ0) is 17.0. The topological polar surface area (TPSA) is 60.9 Å². The lowest BCUT2D eigenvalue weighted by molar-refractivity contribution is -0.168. The lowest BCUT2D eigenvalue weighted by Gasteiger charge is -2.50. The molecule has 0 unspecified atom stereocenters. The van der Waals surface area contributed by atoms with E-state index in [-0.39, 0.29) is 24.0 Å². The molecule has 0 bridgehead atoms. The molecule has 3 rings (SSSR count). The van der Waals surface area contributed by atoms with Crippen LogP contribution in [0.15, 0.2) is 5.38 Å². The third-order valence-corrected chi connectivity index (χ3v) is 5.74. The van der Waals surface area contributed by atoms with Crippen LogP contribution in [0.2, 0.25) is 0 Å². The van der Waals surface area contributed by atoms with E-state index in [1.807, 2.05) is 17.2 Å². The fraction of sp³-hybridized carbons (Fsp3) is 0.765. The largest absolute Gasteiger partial charge is 0.377 e. The first kappa shape index (κ1) is 17.8. The van der Waals surface area contributed by atoms with Gasteiger partial charge in [0.25, 0.3) is 0 Å². The van der Waals surface area contributed by atoms with Crippen molar-refractivity contribution in [2.75, 3.05) is 40.0 Å². The van der Waals surface area contributed by atoms with Crippen LogP contribution in [0.25, 0.3) is 0 Å². The number of rotatable bonds is 6. The second-order valence-electron chi connectivity index (χ2n) is 6.71. The van der Waals surface area contributed by atoms with Crippen molar-refractivity contribution in [1.82, 2.24) is 9.88 Å². The number of hydrogen-bond acceptors (Lipinski definition) is 6. The molecule has 7 heteroatoms. The number of ether oxygens (including phenoxy) is 3. The number of methoxy groups -OCH3 is 1. The summed E-state index contributed by atoms with van der Waals surface area (Å²) in [5.41, 5.74) is 0.871. The van der Waals surface area contributed by atoms with Crippen LogP contribution in [0.4, 0.5) is 0 Å². The van der Waals surface area contributed by atoms with E-state index in [1.165, 1.54) is 0 Å². The maximum absolute atomic E-state index is 12.2. The average molecular weight is 354 g/mol. The van der Waals surface area contributed by atoms with Crippen LogP contribution in [0.3, 0.4) is 0 Å². The Bertz CT molecular complexity index is 565. The Kier molecular flexibility index (Phi) is 5.86. The van der Waals surface area contributed by atoms with E-state index in [1.54, 1.807) is 18.4 Å². The normalized spacial score (nSPS) is 27.1. The van der Waals surface area contributed by atoms with Crippen molar-refractivity contribution in [3.63, 3.8) is 0 Å². The van der Waals surface area contributed by atoms with Gasteiger partial charge in [0.1, 0.15) is 6.61 Å². The van der Waals surface area contributed by atoms with Crippen LogP contribution in [0, 0.1) is 12.3 Å². The van der Waals surface area contributed by atoms with Gasteiger partial charge < -0.3 is 19.1 Å². The first-order valence-corrected chi connectivity index (χ1v) is 9.38. The molecule has 2 fully saturated rings. The predicted octanol–water partition coefficient (Wildman–Crippen LogP) is 2.01. The third kappa shape index (κ3) is 3.96. The lowest BCUT2D eigenvalue weighted by Crippen LogP contribution is -2.58. The van der Waals surface area contributed by atoms with Gasteiger partial charge in [-0.15, -0.1) is 11.3 Å². The van der Waals surface area contributed by atoms with Crippen molar-refractivity contribution < 1.29 is 19.0 Å². The minimum atomic E-state index is -0.106. The van der Waals surface area contributed by atoms with Crippen LogP contribution in [0.1, 0.15) is 30.0 Å². The standard InChI is InChI=1S/C17H26N2O4S/c1-13-18-14(10-24-13)8-22-12-17-5-3-7-23-15(17)4-6-19(11-17)16(20)9-21-2/h10,15H,3-9,11-12H2,1-2H3/t15-,17+/m0/s1. The minimum Gasteiger partial charge on any atom is -0.377 e. The molecular formula is C17H26N2O4S. The van der Waals surface area contributed by atoms with E-state index < -0.39 is 0 Å². The number of hydrogen-bond donors (Lipinski definition) is 0. The smallest absolute Gasteiger partial charge is 0.248 e. The summed E-state index contributed by atoms with van der Waals surface area (Å²) in [6.45, 7) is 5.49. The van der Waals surface area contributed by atoms with Crippen LogP contribution in [0.5, 0.6) is 0 Å². The number of piperidine rings is 1. The Balaban J connectivity index is 1.63. The summed E-state index contributed by atoms with van der Waals surface area (Å²) < 4.78 is 17.0. The molecule has 2 atom stereocenters. The Hall–Kier alpha value is -1.02. The molecule has 1 amide bonds. The van der Waals surface area contributed by atoms with Crippen LogP contribution < -0.4 is 0 Å². The van der Waals surface area contributed by atoms with Gasteiger partial charge in [0.2, 0.25) is 5.91 Å². The number of likely N-dealkylation sites (tertiary alicyclic amines) is 1. The number of aromatic nitrogens is 1. The molecule has 134 valence electrons. The van der Waals surface area contributed by atoms with Crippen molar-refractivity contribution in [2.24, 2.45) is 5.41 Å². The highest BCUT2D eigenvalue weighted by Crippen LogP contribution is 2.40. The molecule has 0 aliphatic carbocycles. The van der Waals surface area contributed by atoms with Crippen molar-refractivity contribution >= 4 is 17.2 Å². The van der Waals surface area contributed by atoms with Gasteiger partial charge in [0.05, 0.1) is 30.0 Å². The molecule has 0 aromatic carbocycles. The average Bonchev–Trinajstić information content (AvgIpc) is 2.99. The predicted molar refractivity (Wildman–Crippen MR) is 91.0 cm³/mol. The molecule has 2 saturated heterocycles. The molecule has 24 heavy (non-hydrogen) atoms. The maximum atomic E-state index is 12.2. The molecule has 6 nitrogen and oxygen atoms in total. The number of fused-ring (bicyclic) bond motifs is 1. The van der Waals surface area contributed by atoms with E-state index in [2.05, 4.69) is 4.98 Å². The molecule has 0 radical (unpaired) electrons. The number of carbonyl (C=O) groups is 1. The molecule has 2 aliphatic heterocycles. The number of nitrogens with zero attached hydrogens (tertiary/aromatic N) is 2. The Morgan fingerprint density at radius 1 is 1.58 bits per heavy atom. The minimum absolute atomic E-state index is 0.0519. The summed E-state index contributed by atoms with van der Waals surface area (Å²) in [6, 6.07) is 0. The molecule has 0 saturated carbocycles. The second kappa shape index (κ2) is 7.91. The van der Waals surface area contributed by atoms with Gasteiger partial charge in [-0.05, 0) is 26.2 Å². The maximum Gasteiger partial charge on any atom is 0.248 e. The zero-order valence-corrected chi connectivity index (χ0v) is 15.3. The molecule has 1 aromatic heterocycles. The number of thiazole rings is 1. The fourth-order valence-corrected chi connectivity index (χ4v) is 4.36. The summed E-state index contributed by atoms with van der Waals surface area (Å²) in [5, 5.41) is 3.09. The monoisotopic (exact) mass is 354 g/mol. The summed E-state index contributed by atoms with van der Waals surface area (Å²) in [4.78, 5) is 18.6. The van der Waals surface area contributed by atoms with Gasteiger partial charge in [-0.25, -0.2) is 4.98 Å². The molecule has 1 aromatic rings. The lowest BCUT2D eigenvalue weighted by atomic mass is 9.73. The molecule has 0 N–H and O–H groups in total. The summed E-state index contributed by atoms with van der Waals surface area (Å²) >= 11 is 1.64. The first-order valence-electron chi connectivity index (χ1n) is 8.50. The molecule has 2 aliphatic rings. The molecular weight excluding hydrogens is 328 g/mol. The van der Waals surface area contributed by atoms with Crippen LogP contribution in [-0.4, -0.2) is 61.9 Å². The Morgan fingerprint density at radius 3 is 3.21 bits per heavy atom. The fourth-order valence-electron chi connectivity index (χ4n) is 3.76. The van der Waals surface area contributed by atoms with E-state index >= 15 is 0 Å². The first-order chi connectivity index (χ1) is 11.6. The summed E-state index contributed by atoms with van der Waals surface area (Å²) in [6.07, 6.45) is 3.09. The second-order valence-corrected chi connectivity index (χ2v) is 7.78. The van der Waals surface area contributed by atoms with Gasteiger partial charge in [-0.1, -0.05) is 0 Å². The van der Waals surface area contributed by atoms with E-state index in [4.69, 9.17) is 14.2 Å². The Morgan fingerprint density at radius 2 is 2.46 bits per heavy atom. The van der Waals surface area contributed by atoms with E-state index in [0.29, 0.717) is 19.8 Å². The van der Waals surface area contributed by atoms with Gasteiger partial charge in [0, 0.05) is 37.6 Å². The summed E-state index contributed by atoms with van der Waals surface area (Å²) in [7, 11) is 1.56. The van der Waals surface area contributed by atoms with E-state index in [0.717, 1.165) is 43.1 Å². The van der Waals surface area contributed by atoms with Gasteiger partial charge in [-0.3, -0.25) is 4.79 Å². The van der Waals surface area contributed by atoms with Gasteiger partial charge >= 0.3 is 0 Å².